The molecule has 0 saturated heterocycles. The lowest BCUT2D eigenvalue weighted by molar-refractivity contribution is -0.181. The second kappa shape index (κ2) is 7.35. The second-order valence-electron chi connectivity index (χ2n) is 8.02. The number of ether oxygens (including phenoxy) is 2. The summed E-state index contributed by atoms with van der Waals surface area (Å²) < 4.78 is 11.7. The third-order valence-electron chi connectivity index (χ3n) is 5.40. The predicted molar refractivity (Wildman–Crippen MR) is 89.6 cm³/mol. The molecule has 5 atom stereocenters. The zero-order chi connectivity index (χ0) is 17.3. The molecule has 1 fully saturated rings. The Hall–Kier alpha value is -0.870. The van der Waals surface area contributed by atoms with Gasteiger partial charge in [-0.2, -0.15) is 0 Å². The molecule has 2 rings (SSSR count). The molecule has 0 amide bonds. The highest BCUT2D eigenvalue weighted by atomic mass is 16.7. The van der Waals surface area contributed by atoms with Crippen LogP contribution in [0, 0.1) is 23.7 Å². The molecule has 0 aromatic heterocycles. The van der Waals surface area contributed by atoms with E-state index in [1.807, 2.05) is 20.8 Å². The molecular formula is C19H32O4. The Balaban J connectivity index is 2.14. The van der Waals surface area contributed by atoms with Crippen molar-refractivity contribution in [3.8, 4) is 0 Å². The summed E-state index contributed by atoms with van der Waals surface area (Å²) in [5.74, 6) is 1.23. The third kappa shape index (κ3) is 3.97. The number of hydrogen-bond donors (Lipinski definition) is 1. The van der Waals surface area contributed by atoms with E-state index in [0.717, 1.165) is 18.4 Å². The summed E-state index contributed by atoms with van der Waals surface area (Å²) >= 11 is 0. The van der Waals surface area contributed by atoms with Crippen LogP contribution in [0.15, 0.2) is 11.1 Å². The van der Waals surface area contributed by atoms with Crippen LogP contribution in [0.1, 0.15) is 60.8 Å². The minimum absolute atomic E-state index is 0.0237. The Morgan fingerprint density at radius 3 is 2.43 bits per heavy atom. The minimum atomic E-state index is -0.790. The average molecular weight is 324 g/mol. The maximum atomic E-state index is 12.1. The monoisotopic (exact) mass is 324 g/mol. The van der Waals surface area contributed by atoms with Gasteiger partial charge in [-0.05, 0) is 43.4 Å². The van der Waals surface area contributed by atoms with Gasteiger partial charge in [-0.1, -0.05) is 41.0 Å². The first-order valence-corrected chi connectivity index (χ1v) is 8.97. The van der Waals surface area contributed by atoms with Gasteiger partial charge in [-0.15, -0.1) is 0 Å². The molecule has 1 N–H and O–H groups in total. The van der Waals surface area contributed by atoms with Crippen molar-refractivity contribution in [2.75, 3.05) is 0 Å². The standard InChI is InChI=1S/C19H32O4/c1-10(2)14-8-7-12(5)9-15(14)22-19-13(6)16(18(21)23-19)17(20)11(3)4/h10-12,14-15,17,19-20H,7-9H2,1-6H3/t12-,14+,15-,17-,19-/m1/s1. The molecule has 23 heavy (non-hydrogen) atoms. The van der Waals surface area contributed by atoms with Gasteiger partial charge in [0.1, 0.15) is 0 Å². The summed E-state index contributed by atoms with van der Waals surface area (Å²) in [6.07, 6.45) is 2.09. The quantitative estimate of drug-likeness (QED) is 0.784. The van der Waals surface area contributed by atoms with Crippen LogP contribution in [0.25, 0.3) is 0 Å². The van der Waals surface area contributed by atoms with Crippen LogP contribution >= 0.6 is 0 Å². The fourth-order valence-corrected chi connectivity index (χ4v) is 3.78. The smallest absolute Gasteiger partial charge is 0.339 e. The molecule has 1 heterocycles. The molecule has 1 aliphatic carbocycles. The van der Waals surface area contributed by atoms with Crippen LogP contribution in [0.2, 0.25) is 0 Å². The van der Waals surface area contributed by atoms with Crippen molar-refractivity contribution in [1.82, 2.24) is 0 Å². The van der Waals surface area contributed by atoms with Crippen molar-refractivity contribution in [3.63, 3.8) is 0 Å². The number of rotatable bonds is 5. The molecule has 0 bridgehead atoms. The SMILES string of the molecule is CC1=C([C@H](O)C(C)C)C(=O)O[C@H]1O[C@@H]1C[C@H](C)CC[C@H]1C(C)C. The number of aliphatic hydroxyl groups is 1. The van der Waals surface area contributed by atoms with Gasteiger partial charge in [0, 0.05) is 5.57 Å². The number of cyclic esters (lactones) is 1. The number of carbonyl (C=O) groups is 1. The maximum absolute atomic E-state index is 12.1. The summed E-state index contributed by atoms with van der Waals surface area (Å²) in [4.78, 5) is 12.1. The molecule has 0 unspecified atom stereocenters. The summed E-state index contributed by atoms with van der Waals surface area (Å²) in [6.45, 7) is 12.3. The van der Waals surface area contributed by atoms with Crippen molar-refractivity contribution >= 4 is 5.97 Å². The van der Waals surface area contributed by atoms with Gasteiger partial charge in [0.15, 0.2) is 0 Å². The predicted octanol–water partition coefficient (Wildman–Crippen LogP) is 3.68. The zero-order valence-corrected chi connectivity index (χ0v) is 15.3. The second-order valence-corrected chi connectivity index (χ2v) is 8.02. The lowest BCUT2D eigenvalue weighted by Crippen LogP contribution is -2.37. The molecule has 132 valence electrons. The van der Waals surface area contributed by atoms with Gasteiger partial charge in [0.25, 0.3) is 0 Å². The highest BCUT2D eigenvalue weighted by molar-refractivity contribution is 5.93. The van der Waals surface area contributed by atoms with Crippen LogP contribution in [0.4, 0.5) is 0 Å². The van der Waals surface area contributed by atoms with Crippen LogP contribution in [-0.4, -0.2) is 29.6 Å². The molecule has 1 aliphatic heterocycles. The van der Waals surface area contributed by atoms with E-state index in [9.17, 15) is 9.90 Å². The molecule has 0 aromatic carbocycles. The number of carbonyl (C=O) groups excluding carboxylic acids is 1. The number of hydrogen-bond acceptors (Lipinski definition) is 4. The van der Waals surface area contributed by atoms with Crippen LogP contribution in [-0.2, 0) is 14.3 Å². The van der Waals surface area contributed by atoms with E-state index in [2.05, 4.69) is 20.8 Å². The van der Waals surface area contributed by atoms with Crippen LogP contribution < -0.4 is 0 Å². The van der Waals surface area contributed by atoms with E-state index in [4.69, 9.17) is 9.47 Å². The fourth-order valence-electron chi connectivity index (χ4n) is 3.78. The Bertz CT molecular complexity index is 466. The van der Waals surface area contributed by atoms with E-state index in [0.29, 0.717) is 23.3 Å². The molecule has 0 radical (unpaired) electrons. The van der Waals surface area contributed by atoms with Gasteiger partial charge >= 0.3 is 5.97 Å². The van der Waals surface area contributed by atoms with E-state index in [1.165, 1.54) is 6.42 Å². The van der Waals surface area contributed by atoms with Crippen LogP contribution in [0.5, 0.6) is 0 Å². The normalized spacial score (nSPS) is 33.5. The molecule has 2 aliphatic rings. The zero-order valence-electron chi connectivity index (χ0n) is 15.3. The van der Waals surface area contributed by atoms with Gasteiger partial charge in [-0.3, -0.25) is 0 Å². The van der Waals surface area contributed by atoms with E-state index >= 15 is 0 Å². The van der Waals surface area contributed by atoms with Gasteiger partial charge in [0.05, 0.1) is 17.8 Å². The Morgan fingerprint density at radius 1 is 1.22 bits per heavy atom. The number of esters is 1. The van der Waals surface area contributed by atoms with Crippen molar-refractivity contribution in [3.05, 3.63) is 11.1 Å². The molecular weight excluding hydrogens is 292 g/mol. The first-order valence-electron chi connectivity index (χ1n) is 8.97. The van der Waals surface area contributed by atoms with Gasteiger partial charge in [0.2, 0.25) is 6.29 Å². The highest BCUT2D eigenvalue weighted by Crippen LogP contribution is 2.38. The first-order chi connectivity index (χ1) is 10.7. The topological polar surface area (TPSA) is 55.8 Å². The molecule has 4 heteroatoms. The Morgan fingerprint density at radius 2 is 1.87 bits per heavy atom. The highest BCUT2D eigenvalue weighted by Gasteiger charge is 2.40. The van der Waals surface area contributed by atoms with Crippen molar-refractivity contribution in [2.45, 2.75) is 79.3 Å². The van der Waals surface area contributed by atoms with Crippen molar-refractivity contribution in [2.24, 2.45) is 23.7 Å². The van der Waals surface area contributed by atoms with Crippen molar-refractivity contribution in [1.29, 1.82) is 0 Å². The Kier molecular flexibility index (Phi) is 5.90. The Labute approximate surface area is 140 Å². The molecule has 0 spiro atoms. The largest absolute Gasteiger partial charge is 0.428 e. The molecule has 4 nitrogen and oxygen atoms in total. The summed E-state index contributed by atoms with van der Waals surface area (Å²) in [5, 5.41) is 10.3. The molecule has 0 aromatic rings. The van der Waals surface area contributed by atoms with E-state index in [1.54, 1.807) is 0 Å². The fraction of sp³-hybridized carbons (Fsp3) is 0.842. The van der Waals surface area contributed by atoms with E-state index < -0.39 is 18.4 Å². The minimum Gasteiger partial charge on any atom is -0.428 e. The lowest BCUT2D eigenvalue weighted by Gasteiger charge is -2.38. The number of aliphatic hydroxyl groups excluding tert-OH is 1. The summed E-state index contributed by atoms with van der Waals surface area (Å²) in [7, 11) is 0. The summed E-state index contributed by atoms with van der Waals surface area (Å²) in [5.41, 5.74) is 1.12. The average Bonchev–Trinajstić information content (AvgIpc) is 2.72. The maximum Gasteiger partial charge on any atom is 0.339 e. The molecule has 1 saturated carbocycles. The van der Waals surface area contributed by atoms with Gasteiger partial charge in [-0.25, -0.2) is 4.79 Å². The first kappa shape index (κ1) is 18.5. The van der Waals surface area contributed by atoms with Crippen molar-refractivity contribution < 1.29 is 19.4 Å². The van der Waals surface area contributed by atoms with Crippen LogP contribution in [0.3, 0.4) is 0 Å². The van der Waals surface area contributed by atoms with E-state index in [-0.39, 0.29) is 12.0 Å². The third-order valence-corrected chi connectivity index (χ3v) is 5.40. The van der Waals surface area contributed by atoms with Gasteiger partial charge < -0.3 is 14.6 Å². The summed E-state index contributed by atoms with van der Waals surface area (Å²) in [6, 6.07) is 0. The lowest BCUT2D eigenvalue weighted by atomic mass is 9.75.